The second-order valence-corrected chi connectivity index (χ2v) is 10.8. The van der Waals surface area contributed by atoms with Crippen molar-refractivity contribution < 1.29 is 29.2 Å². The SMILES string of the molecule is CCCOc1ccc(C2NC(Cc3ccc([N+](=O)[O-])cc3)(C(=O)O)C3C(=O)N(C4CCCCC4)C(=O)C23)cc1. The van der Waals surface area contributed by atoms with Crippen molar-refractivity contribution in [1.29, 1.82) is 0 Å². The number of imide groups is 1. The third kappa shape index (κ3) is 4.78. The second kappa shape index (κ2) is 10.8. The van der Waals surface area contributed by atoms with E-state index in [2.05, 4.69) is 5.32 Å². The summed E-state index contributed by atoms with van der Waals surface area (Å²) in [6.45, 7) is 2.57. The minimum absolute atomic E-state index is 0.104. The number of nitrogens with one attached hydrogen (secondary N) is 1. The predicted octanol–water partition coefficient (Wildman–Crippen LogP) is 4.03. The molecule has 2 aromatic carbocycles. The molecule has 2 aliphatic heterocycles. The van der Waals surface area contributed by atoms with Crippen molar-refractivity contribution in [2.24, 2.45) is 11.8 Å². The van der Waals surface area contributed by atoms with E-state index in [4.69, 9.17) is 4.74 Å². The molecule has 0 spiro atoms. The van der Waals surface area contributed by atoms with Gasteiger partial charge < -0.3 is 9.84 Å². The number of nitro groups is 1. The zero-order chi connectivity index (χ0) is 27.7. The van der Waals surface area contributed by atoms with E-state index in [1.54, 1.807) is 12.1 Å². The Morgan fingerprint density at radius 1 is 1.08 bits per heavy atom. The number of hydrogen-bond acceptors (Lipinski definition) is 7. The summed E-state index contributed by atoms with van der Waals surface area (Å²) in [6.07, 6.45) is 5.09. The highest BCUT2D eigenvalue weighted by atomic mass is 16.6. The zero-order valence-corrected chi connectivity index (χ0v) is 21.9. The number of amides is 2. The molecule has 2 amide bonds. The maximum absolute atomic E-state index is 14.0. The van der Waals surface area contributed by atoms with Crippen molar-refractivity contribution >= 4 is 23.5 Å². The number of fused-ring (bicyclic) bond motifs is 1. The van der Waals surface area contributed by atoms with Crippen LogP contribution in [0.3, 0.4) is 0 Å². The number of rotatable bonds is 9. The van der Waals surface area contributed by atoms with Crippen molar-refractivity contribution in [2.45, 2.75) is 69.5 Å². The molecule has 3 fully saturated rings. The maximum atomic E-state index is 14.0. The van der Waals surface area contributed by atoms with E-state index in [0.29, 0.717) is 23.5 Å². The van der Waals surface area contributed by atoms with Gasteiger partial charge in [-0.05, 0) is 42.5 Å². The molecule has 5 rings (SSSR count). The van der Waals surface area contributed by atoms with Crippen LogP contribution in [0.25, 0.3) is 0 Å². The lowest BCUT2D eigenvalue weighted by molar-refractivity contribution is -0.384. The number of carbonyl (C=O) groups excluding carboxylic acids is 2. The number of ether oxygens (including phenoxy) is 1. The molecule has 0 bridgehead atoms. The van der Waals surface area contributed by atoms with Crippen LogP contribution < -0.4 is 10.1 Å². The van der Waals surface area contributed by atoms with Crippen LogP contribution in [0.1, 0.15) is 62.6 Å². The predicted molar refractivity (Wildman–Crippen MR) is 141 cm³/mol. The van der Waals surface area contributed by atoms with Crippen molar-refractivity contribution in [1.82, 2.24) is 10.2 Å². The fourth-order valence-electron chi connectivity index (χ4n) is 6.49. The van der Waals surface area contributed by atoms with Crippen molar-refractivity contribution in [2.75, 3.05) is 6.61 Å². The normalized spacial score (nSPS) is 27.0. The van der Waals surface area contributed by atoms with E-state index in [-0.39, 0.29) is 24.1 Å². The number of aliphatic carboxylic acids is 1. The molecule has 2 heterocycles. The first-order valence-corrected chi connectivity index (χ1v) is 13.6. The van der Waals surface area contributed by atoms with Crippen LogP contribution in [0.5, 0.6) is 5.75 Å². The Kier molecular flexibility index (Phi) is 7.40. The molecule has 10 nitrogen and oxygen atoms in total. The molecule has 1 aliphatic carbocycles. The standard InChI is InChI=1S/C29H33N3O7/c1-2-16-39-22-14-10-19(11-15-22)25-23-24(27(34)31(26(23)33)20-6-4-3-5-7-20)29(30-25,28(35)36)17-18-8-12-21(13-9-18)32(37)38/h8-15,20,23-25,30H,2-7,16-17H2,1H3,(H,35,36). The summed E-state index contributed by atoms with van der Waals surface area (Å²) in [7, 11) is 0. The van der Waals surface area contributed by atoms with Gasteiger partial charge in [0.25, 0.3) is 5.69 Å². The Bertz CT molecular complexity index is 1260. The van der Waals surface area contributed by atoms with Crippen LogP contribution >= 0.6 is 0 Å². The number of likely N-dealkylation sites (tertiary alicyclic amines) is 1. The van der Waals surface area contributed by atoms with Crippen LogP contribution in [-0.4, -0.2) is 50.9 Å². The third-order valence-corrected chi connectivity index (χ3v) is 8.35. The second-order valence-electron chi connectivity index (χ2n) is 10.8. The first-order chi connectivity index (χ1) is 18.8. The topological polar surface area (TPSA) is 139 Å². The van der Waals surface area contributed by atoms with Crippen LogP contribution in [0.4, 0.5) is 5.69 Å². The number of nitro benzene ring substituents is 1. The molecular formula is C29H33N3O7. The molecule has 39 heavy (non-hydrogen) atoms. The molecule has 1 saturated carbocycles. The zero-order valence-electron chi connectivity index (χ0n) is 21.9. The van der Waals surface area contributed by atoms with Gasteiger partial charge in [-0.1, -0.05) is 50.5 Å². The van der Waals surface area contributed by atoms with Gasteiger partial charge in [0, 0.05) is 30.6 Å². The summed E-state index contributed by atoms with van der Waals surface area (Å²) in [6, 6.07) is 11.9. The molecular weight excluding hydrogens is 502 g/mol. The molecule has 2 aromatic rings. The first kappa shape index (κ1) is 26.8. The average molecular weight is 536 g/mol. The highest BCUT2D eigenvalue weighted by Gasteiger charge is 2.69. The Labute approximate surface area is 226 Å². The third-order valence-electron chi connectivity index (χ3n) is 8.35. The van der Waals surface area contributed by atoms with Crippen molar-refractivity contribution in [3.05, 3.63) is 69.8 Å². The Morgan fingerprint density at radius 3 is 2.33 bits per heavy atom. The van der Waals surface area contributed by atoms with Gasteiger partial charge in [0.05, 0.1) is 23.4 Å². The van der Waals surface area contributed by atoms with E-state index < -0.39 is 40.2 Å². The number of carboxylic acids is 1. The minimum atomic E-state index is -1.76. The molecule has 0 radical (unpaired) electrons. The van der Waals surface area contributed by atoms with E-state index in [1.165, 1.54) is 29.2 Å². The molecule has 3 aliphatic rings. The fourth-order valence-corrected chi connectivity index (χ4v) is 6.49. The number of nitrogens with zero attached hydrogens (tertiary/aromatic N) is 2. The number of carbonyl (C=O) groups is 3. The van der Waals surface area contributed by atoms with Gasteiger partial charge in [0.1, 0.15) is 11.3 Å². The van der Waals surface area contributed by atoms with E-state index in [1.807, 2.05) is 19.1 Å². The lowest BCUT2D eigenvalue weighted by Crippen LogP contribution is -2.58. The maximum Gasteiger partial charge on any atom is 0.325 e. The number of carboxylic acid groups (broad SMARTS) is 1. The number of hydrogen-bond donors (Lipinski definition) is 2. The number of benzene rings is 2. The van der Waals surface area contributed by atoms with Crippen LogP contribution in [0.15, 0.2) is 48.5 Å². The average Bonchev–Trinajstić information content (AvgIpc) is 3.42. The molecule has 10 heteroatoms. The molecule has 2 saturated heterocycles. The van der Waals surface area contributed by atoms with E-state index in [9.17, 15) is 29.6 Å². The van der Waals surface area contributed by atoms with E-state index in [0.717, 1.165) is 38.5 Å². The highest BCUT2D eigenvalue weighted by molar-refractivity contribution is 6.09. The lowest BCUT2D eigenvalue weighted by atomic mass is 9.76. The summed E-state index contributed by atoms with van der Waals surface area (Å²) in [4.78, 5) is 53.0. The van der Waals surface area contributed by atoms with Gasteiger partial charge in [-0.3, -0.25) is 34.7 Å². The summed E-state index contributed by atoms with van der Waals surface area (Å²) in [5, 5.41) is 25.0. The van der Waals surface area contributed by atoms with Gasteiger partial charge in [-0.15, -0.1) is 0 Å². The van der Waals surface area contributed by atoms with Crippen LogP contribution in [0, 0.1) is 22.0 Å². The molecule has 4 unspecified atom stereocenters. The molecule has 206 valence electrons. The summed E-state index contributed by atoms with van der Waals surface area (Å²) in [5.41, 5.74) is -0.653. The monoisotopic (exact) mass is 535 g/mol. The summed E-state index contributed by atoms with van der Waals surface area (Å²) in [5.74, 6) is -3.32. The summed E-state index contributed by atoms with van der Waals surface area (Å²) < 4.78 is 5.69. The Morgan fingerprint density at radius 2 is 1.74 bits per heavy atom. The van der Waals surface area contributed by atoms with Crippen molar-refractivity contribution in [3.8, 4) is 5.75 Å². The molecule has 0 aromatic heterocycles. The van der Waals surface area contributed by atoms with Gasteiger partial charge in [0.2, 0.25) is 11.8 Å². The minimum Gasteiger partial charge on any atom is -0.494 e. The van der Waals surface area contributed by atoms with Crippen LogP contribution in [0.2, 0.25) is 0 Å². The Hall–Kier alpha value is -3.79. The largest absolute Gasteiger partial charge is 0.494 e. The summed E-state index contributed by atoms with van der Waals surface area (Å²) >= 11 is 0. The van der Waals surface area contributed by atoms with Gasteiger partial charge in [0.15, 0.2) is 0 Å². The van der Waals surface area contributed by atoms with Crippen molar-refractivity contribution in [3.63, 3.8) is 0 Å². The molecule has 4 atom stereocenters. The highest BCUT2D eigenvalue weighted by Crippen LogP contribution is 2.51. The van der Waals surface area contributed by atoms with Crippen LogP contribution in [-0.2, 0) is 20.8 Å². The quantitative estimate of drug-likeness (QED) is 0.279. The number of non-ortho nitro benzene ring substituents is 1. The molecule has 2 N–H and O–H groups in total. The lowest BCUT2D eigenvalue weighted by Gasteiger charge is -2.34. The van der Waals surface area contributed by atoms with Gasteiger partial charge >= 0.3 is 5.97 Å². The first-order valence-electron chi connectivity index (χ1n) is 13.6. The smallest absolute Gasteiger partial charge is 0.325 e. The van der Waals surface area contributed by atoms with E-state index >= 15 is 0 Å². The van der Waals surface area contributed by atoms with Gasteiger partial charge in [-0.2, -0.15) is 0 Å². The fraction of sp³-hybridized carbons (Fsp3) is 0.483. The Balaban J connectivity index is 1.55. The van der Waals surface area contributed by atoms with Gasteiger partial charge in [-0.25, -0.2) is 0 Å².